The molecule has 0 fully saturated rings. The lowest BCUT2D eigenvalue weighted by Crippen LogP contribution is -1.94. The average Bonchev–Trinajstić information content (AvgIpc) is 2.04. The molecular weight excluding hydrogens is 136 g/mol. The normalized spacial score (nSPS) is 10.0. The van der Waals surface area contributed by atoms with Crippen LogP contribution in [0, 0.1) is 6.42 Å². The molecule has 0 aliphatic rings. The summed E-state index contributed by atoms with van der Waals surface area (Å²) in [5.41, 5.74) is 0. The number of carbonyl (C=O) groups is 1. The lowest BCUT2D eigenvalue weighted by molar-refractivity contribution is -0.115. The summed E-state index contributed by atoms with van der Waals surface area (Å²) in [6.07, 6.45) is 8.57. The molecule has 0 amide bonds. The summed E-state index contributed by atoms with van der Waals surface area (Å²) in [4.78, 5) is 10.8. The highest BCUT2D eigenvalue weighted by Crippen LogP contribution is 2.05. The summed E-state index contributed by atoms with van der Waals surface area (Å²) < 4.78 is 0. The molecule has 0 saturated heterocycles. The molecule has 0 rings (SSSR count). The van der Waals surface area contributed by atoms with E-state index in [0.29, 0.717) is 5.78 Å². The predicted molar refractivity (Wildman–Crippen MR) is 48.4 cm³/mol. The van der Waals surface area contributed by atoms with Crippen LogP contribution < -0.4 is 0 Å². The Morgan fingerprint density at radius 2 is 1.82 bits per heavy atom. The van der Waals surface area contributed by atoms with Crippen molar-refractivity contribution in [2.24, 2.45) is 0 Å². The minimum Gasteiger partial charge on any atom is -0.299 e. The van der Waals surface area contributed by atoms with Crippen molar-refractivity contribution in [2.75, 3.05) is 0 Å². The van der Waals surface area contributed by atoms with E-state index in [2.05, 4.69) is 6.92 Å². The molecule has 0 aromatic carbocycles. The van der Waals surface area contributed by atoms with Gasteiger partial charge in [0, 0.05) is 12.8 Å². The van der Waals surface area contributed by atoms with Gasteiger partial charge in [-0.1, -0.05) is 39.5 Å². The fourth-order valence-corrected chi connectivity index (χ4v) is 1.05. The zero-order valence-electron chi connectivity index (χ0n) is 7.73. The molecule has 0 spiro atoms. The van der Waals surface area contributed by atoms with Gasteiger partial charge in [-0.3, -0.25) is 4.79 Å². The molecule has 1 nitrogen and oxygen atoms in total. The van der Waals surface area contributed by atoms with Crippen molar-refractivity contribution >= 4 is 5.78 Å². The van der Waals surface area contributed by atoms with Gasteiger partial charge in [0.1, 0.15) is 5.78 Å². The van der Waals surface area contributed by atoms with Gasteiger partial charge in [0.05, 0.1) is 0 Å². The summed E-state index contributed by atoms with van der Waals surface area (Å²) in [7, 11) is 0. The van der Waals surface area contributed by atoms with Gasteiger partial charge < -0.3 is 0 Å². The Hall–Kier alpha value is -0.330. The third-order valence-corrected chi connectivity index (χ3v) is 1.85. The van der Waals surface area contributed by atoms with Crippen molar-refractivity contribution in [3.05, 3.63) is 6.42 Å². The monoisotopic (exact) mass is 155 g/mol. The minimum atomic E-state index is 0.293. The van der Waals surface area contributed by atoms with Crippen LogP contribution in [-0.2, 0) is 4.79 Å². The van der Waals surface area contributed by atoms with Crippen molar-refractivity contribution in [2.45, 2.75) is 52.4 Å². The first-order valence-electron chi connectivity index (χ1n) is 4.63. The lowest BCUT2D eigenvalue weighted by Gasteiger charge is -1.97. The van der Waals surface area contributed by atoms with Gasteiger partial charge in [-0.05, 0) is 6.42 Å². The molecule has 0 bridgehead atoms. The Kier molecular flexibility index (Phi) is 7.54. The number of carbonyl (C=O) groups excluding carboxylic acids is 1. The fraction of sp³-hybridized carbons (Fsp3) is 0.800. The maximum absolute atomic E-state index is 10.8. The second-order valence-electron chi connectivity index (χ2n) is 2.92. The van der Waals surface area contributed by atoms with Crippen molar-refractivity contribution < 1.29 is 4.79 Å². The summed E-state index contributed by atoms with van der Waals surface area (Å²) in [6, 6.07) is 0. The Balaban J connectivity index is 2.95. The highest BCUT2D eigenvalue weighted by molar-refractivity contribution is 5.86. The molecule has 0 unspecified atom stereocenters. The van der Waals surface area contributed by atoms with Crippen LogP contribution in [-0.4, -0.2) is 5.78 Å². The molecule has 1 heteroatoms. The topological polar surface area (TPSA) is 17.1 Å². The first-order chi connectivity index (χ1) is 5.31. The second kappa shape index (κ2) is 7.77. The molecule has 0 aliphatic carbocycles. The van der Waals surface area contributed by atoms with Gasteiger partial charge in [-0.2, -0.15) is 0 Å². The molecule has 1 radical (unpaired) electrons. The second-order valence-corrected chi connectivity index (χ2v) is 2.92. The van der Waals surface area contributed by atoms with E-state index in [1.54, 1.807) is 6.42 Å². The van der Waals surface area contributed by atoms with Crippen LogP contribution in [0.4, 0.5) is 0 Å². The lowest BCUT2D eigenvalue weighted by atomic mass is 10.1. The zero-order chi connectivity index (χ0) is 8.53. The van der Waals surface area contributed by atoms with Crippen molar-refractivity contribution in [3.63, 3.8) is 0 Å². The summed E-state index contributed by atoms with van der Waals surface area (Å²) >= 11 is 0. The van der Waals surface area contributed by atoms with Crippen LogP contribution in [0.1, 0.15) is 52.4 Å². The zero-order valence-corrected chi connectivity index (χ0v) is 7.73. The van der Waals surface area contributed by atoms with Crippen molar-refractivity contribution in [1.29, 1.82) is 0 Å². The summed E-state index contributed by atoms with van der Waals surface area (Å²) in [5.74, 6) is 0.293. The van der Waals surface area contributed by atoms with E-state index in [1.807, 2.05) is 6.92 Å². The molecule has 0 aliphatic heterocycles. The molecule has 0 aromatic rings. The first kappa shape index (κ1) is 10.7. The quantitative estimate of drug-likeness (QED) is 0.516. The largest absolute Gasteiger partial charge is 0.299 e. The maximum Gasteiger partial charge on any atom is 0.136 e. The van der Waals surface area contributed by atoms with Crippen LogP contribution in [0.15, 0.2) is 0 Å². The summed E-state index contributed by atoms with van der Waals surface area (Å²) in [6.45, 7) is 4.01. The minimum absolute atomic E-state index is 0.293. The number of rotatable bonds is 7. The average molecular weight is 155 g/mol. The highest BCUT2D eigenvalue weighted by Gasteiger charge is 1.96. The standard InChI is InChI=1S/C10H19O/c1-3-5-6-7-8-9-10(11)4-2/h4H,3,5-9H2,1-2H3. The van der Waals surface area contributed by atoms with Crippen LogP contribution >= 0.6 is 0 Å². The first-order valence-corrected chi connectivity index (χ1v) is 4.63. The Bertz CT molecular complexity index is 97.0. The van der Waals surface area contributed by atoms with Gasteiger partial charge >= 0.3 is 0 Å². The van der Waals surface area contributed by atoms with Crippen molar-refractivity contribution in [3.8, 4) is 0 Å². The SMILES string of the molecule is C[CH]C(=O)CCCCCCC. The molecule has 0 aromatic heterocycles. The van der Waals surface area contributed by atoms with Crippen molar-refractivity contribution in [1.82, 2.24) is 0 Å². The van der Waals surface area contributed by atoms with Gasteiger partial charge in [0.2, 0.25) is 0 Å². The molecule has 0 heterocycles. The number of hydrogen-bond acceptors (Lipinski definition) is 1. The van der Waals surface area contributed by atoms with Gasteiger partial charge in [-0.25, -0.2) is 0 Å². The molecule has 65 valence electrons. The maximum atomic E-state index is 10.8. The molecule has 0 saturated carbocycles. The number of unbranched alkanes of at least 4 members (excludes halogenated alkanes) is 4. The van der Waals surface area contributed by atoms with Crippen LogP contribution in [0.3, 0.4) is 0 Å². The Morgan fingerprint density at radius 1 is 1.18 bits per heavy atom. The van der Waals surface area contributed by atoms with E-state index in [4.69, 9.17) is 0 Å². The predicted octanol–water partition coefficient (Wildman–Crippen LogP) is 3.14. The van der Waals surface area contributed by atoms with E-state index < -0.39 is 0 Å². The van der Waals surface area contributed by atoms with Gasteiger partial charge in [0.25, 0.3) is 0 Å². The smallest absolute Gasteiger partial charge is 0.136 e. The van der Waals surface area contributed by atoms with Gasteiger partial charge in [0.15, 0.2) is 0 Å². The third-order valence-electron chi connectivity index (χ3n) is 1.85. The molecular formula is C10H19O. The highest BCUT2D eigenvalue weighted by atomic mass is 16.1. The van der Waals surface area contributed by atoms with Crippen LogP contribution in [0.2, 0.25) is 0 Å². The Labute approximate surface area is 70.2 Å². The number of Topliss-reactive ketones (excluding diaryl/α,β-unsaturated/α-hetero) is 1. The molecule has 0 N–H and O–H groups in total. The number of hydrogen-bond donors (Lipinski definition) is 0. The van der Waals surface area contributed by atoms with E-state index in [-0.39, 0.29) is 0 Å². The third kappa shape index (κ3) is 7.57. The van der Waals surface area contributed by atoms with E-state index in [0.717, 1.165) is 12.8 Å². The van der Waals surface area contributed by atoms with Crippen LogP contribution in [0.25, 0.3) is 0 Å². The van der Waals surface area contributed by atoms with Gasteiger partial charge in [-0.15, -0.1) is 0 Å². The summed E-state index contributed by atoms with van der Waals surface area (Å²) in [5, 5.41) is 0. The Morgan fingerprint density at radius 3 is 2.36 bits per heavy atom. The van der Waals surface area contributed by atoms with E-state index in [9.17, 15) is 4.79 Å². The molecule has 11 heavy (non-hydrogen) atoms. The van der Waals surface area contributed by atoms with E-state index >= 15 is 0 Å². The van der Waals surface area contributed by atoms with Crippen LogP contribution in [0.5, 0.6) is 0 Å². The molecule has 0 atom stereocenters. The number of ketones is 1. The van der Waals surface area contributed by atoms with E-state index in [1.165, 1.54) is 25.7 Å². The fourth-order valence-electron chi connectivity index (χ4n) is 1.05.